The standard InChI is InChI=1S/C17H16N4O/c1-13-7-9-15(10-8-13)12-18-21-16(19-20-17(21)22)11-14-5-3-2-4-6-14/h2-10,12H,11H2,1H3,(H,20,22)/b18-12+. The minimum atomic E-state index is -0.339. The number of rotatable bonds is 4. The van der Waals surface area contributed by atoms with Gasteiger partial charge in [0.25, 0.3) is 0 Å². The van der Waals surface area contributed by atoms with E-state index < -0.39 is 0 Å². The molecule has 2 aromatic carbocycles. The van der Waals surface area contributed by atoms with Crippen LogP contribution in [-0.2, 0) is 6.42 Å². The third-order valence-corrected chi connectivity index (χ3v) is 3.32. The van der Waals surface area contributed by atoms with Crippen LogP contribution in [-0.4, -0.2) is 21.1 Å². The van der Waals surface area contributed by atoms with Gasteiger partial charge in [-0.1, -0.05) is 60.2 Å². The van der Waals surface area contributed by atoms with Crippen LogP contribution >= 0.6 is 0 Å². The highest BCUT2D eigenvalue weighted by atomic mass is 16.2. The number of H-pyrrole nitrogens is 1. The van der Waals surface area contributed by atoms with Gasteiger partial charge in [0, 0.05) is 6.42 Å². The first-order valence-electron chi connectivity index (χ1n) is 7.03. The lowest BCUT2D eigenvalue weighted by Crippen LogP contribution is -2.15. The predicted octanol–water partition coefficient (Wildman–Crippen LogP) is 2.35. The molecule has 1 heterocycles. The molecule has 0 aliphatic rings. The molecule has 0 bridgehead atoms. The Morgan fingerprint density at radius 2 is 1.86 bits per heavy atom. The maximum Gasteiger partial charge on any atom is 0.364 e. The van der Waals surface area contributed by atoms with Crippen molar-refractivity contribution in [2.45, 2.75) is 13.3 Å². The number of hydrogen-bond donors (Lipinski definition) is 1. The summed E-state index contributed by atoms with van der Waals surface area (Å²) >= 11 is 0. The van der Waals surface area contributed by atoms with Gasteiger partial charge in [0.05, 0.1) is 6.21 Å². The van der Waals surface area contributed by atoms with E-state index >= 15 is 0 Å². The summed E-state index contributed by atoms with van der Waals surface area (Å²) in [6, 6.07) is 17.8. The van der Waals surface area contributed by atoms with E-state index in [2.05, 4.69) is 15.3 Å². The van der Waals surface area contributed by atoms with E-state index in [0.29, 0.717) is 12.2 Å². The monoisotopic (exact) mass is 292 g/mol. The Bertz CT molecular complexity index is 829. The molecule has 0 atom stereocenters. The van der Waals surface area contributed by atoms with Crippen molar-refractivity contribution in [2.75, 3.05) is 0 Å². The van der Waals surface area contributed by atoms with Crippen LogP contribution in [0.4, 0.5) is 0 Å². The molecular formula is C17H16N4O. The Morgan fingerprint density at radius 1 is 1.14 bits per heavy atom. The Labute approximate surface area is 127 Å². The third kappa shape index (κ3) is 3.20. The first-order valence-corrected chi connectivity index (χ1v) is 7.03. The Balaban J connectivity index is 1.86. The van der Waals surface area contributed by atoms with Gasteiger partial charge in [-0.2, -0.15) is 14.9 Å². The Hall–Kier alpha value is -2.95. The van der Waals surface area contributed by atoms with Gasteiger partial charge in [0.1, 0.15) is 0 Å². The van der Waals surface area contributed by atoms with Gasteiger partial charge in [-0.25, -0.2) is 9.89 Å². The van der Waals surface area contributed by atoms with Crippen molar-refractivity contribution in [3.63, 3.8) is 0 Å². The molecule has 0 unspecified atom stereocenters. The molecule has 0 radical (unpaired) electrons. The smallest absolute Gasteiger partial charge is 0.244 e. The average Bonchev–Trinajstić information content (AvgIpc) is 2.88. The number of aryl methyl sites for hydroxylation is 1. The van der Waals surface area contributed by atoms with Crippen molar-refractivity contribution in [3.8, 4) is 0 Å². The molecule has 0 spiro atoms. The van der Waals surface area contributed by atoms with E-state index in [1.807, 2.05) is 61.5 Å². The van der Waals surface area contributed by atoms with Gasteiger partial charge in [-0.3, -0.25) is 0 Å². The third-order valence-electron chi connectivity index (χ3n) is 3.32. The summed E-state index contributed by atoms with van der Waals surface area (Å²) in [6.07, 6.45) is 2.20. The van der Waals surface area contributed by atoms with Crippen molar-refractivity contribution in [1.82, 2.24) is 14.9 Å². The Kier molecular flexibility index (Phi) is 3.96. The van der Waals surface area contributed by atoms with Crippen molar-refractivity contribution in [1.29, 1.82) is 0 Å². The van der Waals surface area contributed by atoms with E-state index in [0.717, 1.165) is 11.1 Å². The Morgan fingerprint density at radius 3 is 2.59 bits per heavy atom. The van der Waals surface area contributed by atoms with Gasteiger partial charge < -0.3 is 0 Å². The predicted molar refractivity (Wildman–Crippen MR) is 86.3 cm³/mol. The first-order chi connectivity index (χ1) is 10.7. The van der Waals surface area contributed by atoms with E-state index in [4.69, 9.17) is 0 Å². The lowest BCUT2D eigenvalue weighted by Gasteiger charge is -2.00. The second-order valence-electron chi connectivity index (χ2n) is 5.07. The van der Waals surface area contributed by atoms with Gasteiger partial charge in [0.15, 0.2) is 5.82 Å². The van der Waals surface area contributed by atoms with Gasteiger partial charge in [-0.05, 0) is 18.1 Å². The van der Waals surface area contributed by atoms with Crippen LogP contribution in [0.5, 0.6) is 0 Å². The highest BCUT2D eigenvalue weighted by molar-refractivity contribution is 5.79. The highest BCUT2D eigenvalue weighted by Crippen LogP contribution is 2.05. The lowest BCUT2D eigenvalue weighted by atomic mass is 10.1. The molecule has 5 heteroatoms. The summed E-state index contributed by atoms with van der Waals surface area (Å²) in [5.41, 5.74) is 2.86. The molecule has 5 nitrogen and oxygen atoms in total. The van der Waals surface area contributed by atoms with Gasteiger partial charge in [-0.15, -0.1) is 0 Å². The second kappa shape index (κ2) is 6.22. The normalized spacial score (nSPS) is 11.1. The largest absolute Gasteiger partial charge is 0.364 e. The van der Waals surface area contributed by atoms with E-state index in [9.17, 15) is 4.79 Å². The van der Waals surface area contributed by atoms with E-state index in [1.165, 1.54) is 10.2 Å². The molecule has 3 rings (SSSR count). The lowest BCUT2D eigenvalue weighted by molar-refractivity contribution is 0.775. The maximum absolute atomic E-state index is 11.8. The van der Waals surface area contributed by atoms with Crippen molar-refractivity contribution < 1.29 is 0 Å². The maximum atomic E-state index is 11.8. The number of benzene rings is 2. The van der Waals surface area contributed by atoms with Gasteiger partial charge >= 0.3 is 5.69 Å². The SMILES string of the molecule is Cc1ccc(/C=N/n2c(Cc3ccccc3)n[nH]c2=O)cc1. The number of nitrogens with zero attached hydrogens (tertiary/aromatic N) is 3. The molecule has 1 N–H and O–H groups in total. The molecule has 1 aromatic heterocycles. The molecule has 0 fully saturated rings. The summed E-state index contributed by atoms with van der Waals surface area (Å²) in [7, 11) is 0. The molecule has 3 aromatic rings. The highest BCUT2D eigenvalue weighted by Gasteiger charge is 2.07. The number of nitrogens with one attached hydrogen (secondary N) is 1. The minimum Gasteiger partial charge on any atom is -0.244 e. The second-order valence-corrected chi connectivity index (χ2v) is 5.07. The van der Waals surface area contributed by atoms with Crippen LogP contribution in [0, 0.1) is 6.92 Å². The van der Waals surface area contributed by atoms with Crippen LogP contribution < -0.4 is 5.69 Å². The zero-order valence-corrected chi connectivity index (χ0v) is 12.2. The molecule has 0 saturated heterocycles. The summed E-state index contributed by atoms with van der Waals surface area (Å²) in [6.45, 7) is 2.03. The molecule has 110 valence electrons. The summed E-state index contributed by atoms with van der Waals surface area (Å²) in [4.78, 5) is 11.8. The summed E-state index contributed by atoms with van der Waals surface area (Å²) < 4.78 is 1.30. The van der Waals surface area contributed by atoms with Crippen LogP contribution in [0.15, 0.2) is 64.5 Å². The number of hydrogen-bond acceptors (Lipinski definition) is 3. The molecular weight excluding hydrogens is 276 g/mol. The number of aromatic nitrogens is 3. The molecule has 0 amide bonds. The molecule has 0 saturated carbocycles. The summed E-state index contributed by atoms with van der Waals surface area (Å²) in [5, 5.41) is 10.7. The van der Waals surface area contributed by atoms with Crippen LogP contribution in [0.25, 0.3) is 0 Å². The van der Waals surface area contributed by atoms with Crippen LogP contribution in [0.2, 0.25) is 0 Å². The quantitative estimate of drug-likeness (QED) is 0.750. The van der Waals surface area contributed by atoms with E-state index in [1.54, 1.807) is 6.21 Å². The number of aromatic amines is 1. The van der Waals surface area contributed by atoms with Crippen LogP contribution in [0.3, 0.4) is 0 Å². The zero-order chi connectivity index (χ0) is 15.4. The van der Waals surface area contributed by atoms with Gasteiger partial charge in [0.2, 0.25) is 0 Å². The average molecular weight is 292 g/mol. The fraction of sp³-hybridized carbons (Fsp3) is 0.118. The zero-order valence-electron chi connectivity index (χ0n) is 12.2. The minimum absolute atomic E-state index is 0.339. The van der Waals surface area contributed by atoms with Crippen molar-refractivity contribution >= 4 is 6.21 Å². The van der Waals surface area contributed by atoms with Crippen molar-refractivity contribution in [3.05, 3.63) is 87.6 Å². The van der Waals surface area contributed by atoms with E-state index in [-0.39, 0.29) is 5.69 Å². The molecule has 22 heavy (non-hydrogen) atoms. The van der Waals surface area contributed by atoms with Crippen LogP contribution in [0.1, 0.15) is 22.5 Å². The first kappa shape index (κ1) is 14.0. The molecule has 0 aliphatic heterocycles. The fourth-order valence-electron chi connectivity index (χ4n) is 2.11. The molecule has 0 aliphatic carbocycles. The summed E-state index contributed by atoms with van der Waals surface area (Å²) in [5.74, 6) is 0.583. The topological polar surface area (TPSA) is 63.0 Å². The van der Waals surface area contributed by atoms with Crippen molar-refractivity contribution in [2.24, 2.45) is 5.10 Å². The fourth-order valence-corrected chi connectivity index (χ4v) is 2.11.